The molecule has 1 heterocycles. The second kappa shape index (κ2) is 4.03. The lowest BCUT2D eigenvalue weighted by atomic mass is 9.84. The van der Waals surface area contributed by atoms with Crippen LogP contribution in [0.2, 0.25) is 0 Å². The van der Waals surface area contributed by atoms with Crippen LogP contribution in [0.25, 0.3) is 0 Å². The third-order valence-electron chi connectivity index (χ3n) is 3.02. The van der Waals surface area contributed by atoms with Crippen LogP contribution >= 0.6 is 15.9 Å². The fraction of sp³-hybridized carbons (Fsp3) is 0.700. The highest BCUT2D eigenvalue weighted by molar-refractivity contribution is 9.10. The lowest BCUT2D eigenvalue weighted by Gasteiger charge is -2.27. The predicted molar refractivity (Wildman–Crippen MR) is 58.1 cm³/mol. The summed E-state index contributed by atoms with van der Waals surface area (Å²) in [7, 11) is 1.93. The van der Waals surface area contributed by atoms with E-state index >= 15 is 0 Å². The van der Waals surface area contributed by atoms with Crippen LogP contribution in [0.15, 0.2) is 10.7 Å². The first-order valence-corrected chi connectivity index (χ1v) is 5.85. The van der Waals surface area contributed by atoms with Crippen molar-refractivity contribution in [1.29, 1.82) is 0 Å². The van der Waals surface area contributed by atoms with E-state index in [1.54, 1.807) is 6.20 Å². The van der Waals surface area contributed by atoms with Gasteiger partial charge in [0.25, 0.3) is 0 Å². The average Bonchev–Trinajstić information content (AvgIpc) is 2.48. The Kier molecular flexibility index (Phi) is 2.93. The molecule has 4 heteroatoms. The summed E-state index contributed by atoms with van der Waals surface area (Å²) in [6.45, 7) is 0. The number of aryl methyl sites for hydroxylation is 1. The molecule has 0 saturated heterocycles. The summed E-state index contributed by atoms with van der Waals surface area (Å²) in [4.78, 5) is 0. The monoisotopic (exact) mass is 258 g/mol. The molecule has 14 heavy (non-hydrogen) atoms. The molecule has 1 aliphatic carbocycles. The molecule has 1 saturated carbocycles. The number of aromatic nitrogens is 2. The Morgan fingerprint density at radius 3 is 2.79 bits per heavy atom. The zero-order valence-corrected chi connectivity index (χ0v) is 9.87. The molecule has 0 aromatic carbocycles. The van der Waals surface area contributed by atoms with Crippen LogP contribution in [0, 0.1) is 0 Å². The van der Waals surface area contributed by atoms with Crippen molar-refractivity contribution in [2.45, 2.75) is 37.7 Å². The molecule has 0 amide bonds. The zero-order chi connectivity index (χ0) is 10.1. The number of hydrogen-bond acceptors (Lipinski definition) is 2. The average molecular weight is 259 g/mol. The van der Waals surface area contributed by atoms with E-state index < -0.39 is 0 Å². The number of hydrogen-bond donors (Lipinski definition) is 1. The van der Waals surface area contributed by atoms with E-state index in [9.17, 15) is 5.11 Å². The molecule has 1 fully saturated rings. The second-order valence-electron chi connectivity index (χ2n) is 3.96. The zero-order valence-electron chi connectivity index (χ0n) is 8.28. The molecule has 1 aromatic rings. The van der Waals surface area contributed by atoms with Gasteiger partial charge in [0.15, 0.2) is 0 Å². The van der Waals surface area contributed by atoms with Gasteiger partial charge in [0.1, 0.15) is 0 Å². The maximum atomic E-state index is 9.93. The van der Waals surface area contributed by atoms with Gasteiger partial charge in [-0.25, -0.2) is 0 Å². The van der Waals surface area contributed by atoms with Crippen LogP contribution in [0.1, 0.15) is 37.3 Å². The topological polar surface area (TPSA) is 38.0 Å². The Morgan fingerprint density at radius 1 is 1.50 bits per heavy atom. The van der Waals surface area contributed by atoms with Gasteiger partial charge in [0.2, 0.25) is 0 Å². The van der Waals surface area contributed by atoms with Gasteiger partial charge in [0.05, 0.1) is 22.5 Å². The standard InChI is InChI=1S/C10H15BrN2O/c1-13-10(8(11)6-12-13)7-4-2-3-5-9(7)14/h6-7,9,14H,2-5H2,1H3. The van der Waals surface area contributed by atoms with Crippen LogP contribution in [0.4, 0.5) is 0 Å². The highest BCUT2D eigenvalue weighted by atomic mass is 79.9. The second-order valence-corrected chi connectivity index (χ2v) is 4.81. The third kappa shape index (κ3) is 1.73. The van der Waals surface area contributed by atoms with E-state index in [4.69, 9.17) is 0 Å². The van der Waals surface area contributed by atoms with Crippen molar-refractivity contribution in [3.05, 3.63) is 16.4 Å². The van der Waals surface area contributed by atoms with Gasteiger partial charge in [-0.3, -0.25) is 4.68 Å². The molecule has 0 spiro atoms. The molecule has 0 bridgehead atoms. The summed E-state index contributed by atoms with van der Waals surface area (Å²) in [6.07, 6.45) is 5.94. The maximum Gasteiger partial charge on any atom is 0.0635 e. The number of halogens is 1. The lowest BCUT2D eigenvalue weighted by molar-refractivity contribution is 0.102. The van der Waals surface area contributed by atoms with Crippen molar-refractivity contribution < 1.29 is 5.11 Å². The fourth-order valence-corrected chi connectivity index (χ4v) is 2.91. The van der Waals surface area contributed by atoms with E-state index in [1.165, 1.54) is 6.42 Å². The van der Waals surface area contributed by atoms with Crippen LogP contribution in [-0.2, 0) is 7.05 Å². The van der Waals surface area contributed by atoms with Gasteiger partial charge >= 0.3 is 0 Å². The van der Waals surface area contributed by atoms with Gasteiger partial charge in [-0.05, 0) is 28.8 Å². The van der Waals surface area contributed by atoms with Crippen molar-refractivity contribution >= 4 is 15.9 Å². The minimum atomic E-state index is -0.199. The summed E-state index contributed by atoms with van der Waals surface area (Å²) in [6, 6.07) is 0. The summed E-state index contributed by atoms with van der Waals surface area (Å²) in [5.41, 5.74) is 1.14. The molecule has 78 valence electrons. The first kappa shape index (κ1) is 10.2. The molecular formula is C10H15BrN2O. The van der Waals surface area contributed by atoms with Gasteiger partial charge < -0.3 is 5.11 Å². The van der Waals surface area contributed by atoms with Crippen molar-refractivity contribution in [3.63, 3.8) is 0 Å². The predicted octanol–water partition coefficient (Wildman–Crippen LogP) is 2.20. The number of rotatable bonds is 1. The minimum Gasteiger partial charge on any atom is -0.392 e. The Morgan fingerprint density at radius 2 is 2.21 bits per heavy atom. The molecule has 2 atom stereocenters. The highest BCUT2D eigenvalue weighted by Gasteiger charge is 2.28. The van der Waals surface area contributed by atoms with Crippen LogP contribution in [-0.4, -0.2) is 21.0 Å². The van der Waals surface area contributed by atoms with E-state index in [0.29, 0.717) is 0 Å². The molecule has 2 unspecified atom stereocenters. The Labute approximate surface area is 92.2 Å². The SMILES string of the molecule is Cn1ncc(Br)c1C1CCCCC1O. The molecule has 1 aromatic heterocycles. The third-order valence-corrected chi connectivity index (χ3v) is 3.63. The van der Waals surface area contributed by atoms with Crippen molar-refractivity contribution in [1.82, 2.24) is 9.78 Å². The molecule has 0 aliphatic heterocycles. The van der Waals surface area contributed by atoms with E-state index in [1.807, 2.05) is 11.7 Å². The molecule has 3 nitrogen and oxygen atoms in total. The Bertz CT molecular complexity index is 304. The molecule has 2 rings (SSSR count). The summed E-state index contributed by atoms with van der Waals surface area (Å²) < 4.78 is 2.88. The first-order valence-electron chi connectivity index (χ1n) is 5.05. The fourth-order valence-electron chi connectivity index (χ4n) is 2.27. The van der Waals surface area contributed by atoms with Gasteiger partial charge in [0, 0.05) is 13.0 Å². The normalized spacial score (nSPS) is 27.9. The summed E-state index contributed by atoms with van der Waals surface area (Å²) >= 11 is 3.49. The van der Waals surface area contributed by atoms with Gasteiger partial charge in [-0.1, -0.05) is 12.8 Å². The molecule has 1 N–H and O–H groups in total. The summed E-state index contributed by atoms with van der Waals surface area (Å²) in [5, 5.41) is 14.1. The van der Waals surface area contributed by atoms with Crippen LogP contribution in [0.5, 0.6) is 0 Å². The minimum absolute atomic E-state index is 0.199. The Balaban J connectivity index is 2.28. The molecule has 0 radical (unpaired) electrons. The maximum absolute atomic E-state index is 9.93. The quantitative estimate of drug-likeness (QED) is 0.839. The van der Waals surface area contributed by atoms with E-state index in [0.717, 1.165) is 29.4 Å². The first-order chi connectivity index (χ1) is 6.70. The van der Waals surface area contributed by atoms with Gasteiger partial charge in [-0.2, -0.15) is 5.10 Å². The smallest absolute Gasteiger partial charge is 0.0635 e. The van der Waals surface area contributed by atoms with E-state index in [2.05, 4.69) is 21.0 Å². The van der Waals surface area contributed by atoms with Gasteiger partial charge in [-0.15, -0.1) is 0 Å². The highest BCUT2D eigenvalue weighted by Crippen LogP contribution is 2.36. The summed E-state index contributed by atoms with van der Waals surface area (Å²) in [5.74, 6) is 0.255. The van der Waals surface area contributed by atoms with Crippen molar-refractivity contribution in [3.8, 4) is 0 Å². The van der Waals surface area contributed by atoms with Crippen LogP contribution < -0.4 is 0 Å². The van der Waals surface area contributed by atoms with Crippen molar-refractivity contribution in [2.75, 3.05) is 0 Å². The number of aliphatic hydroxyl groups excluding tert-OH is 1. The molecular weight excluding hydrogens is 244 g/mol. The van der Waals surface area contributed by atoms with E-state index in [-0.39, 0.29) is 12.0 Å². The lowest BCUT2D eigenvalue weighted by Crippen LogP contribution is -2.24. The van der Waals surface area contributed by atoms with Crippen molar-refractivity contribution in [2.24, 2.45) is 7.05 Å². The van der Waals surface area contributed by atoms with Crippen LogP contribution in [0.3, 0.4) is 0 Å². The molecule has 1 aliphatic rings. The Hall–Kier alpha value is -0.350. The number of nitrogens with zero attached hydrogens (tertiary/aromatic N) is 2. The largest absolute Gasteiger partial charge is 0.392 e. The number of aliphatic hydroxyl groups is 1.